The number of thioether (sulfide) groups is 1. The molecule has 0 bridgehead atoms. The first-order chi connectivity index (χ1) is 9.28. The summed E-state index contributed by atoms with van der Waals surface area (Å²) in [6.45, 7) is 0. The Hall–Kier alpha value is -1.36. The highest BCUT2D eigenvalue weighted by atomic mass is 32.2. The number of nitrogens with two attached hydrogens (primary N) is 1. The summed E-state index contributed by atoms with van der Waals surface area (Å²) in [7, 11) is 0. The van der Waals surface area contributed by atoms with Crippen LogP contribution in [0.2, 0.25) is 0 Å². The first-order valence-electron chi connectivity index (χ1n) is 6.16. The minimum atomic E-state index is -0.209. The second-order valence-corrected chi connectivity index (χ2v) is 5.41. The van der Waals surface area contributed by atoms with Crippen LogP contribution >= 0.6 is 11.8 Å². The fraction of sp³-hybridized carbons (Fsp3) is 0.200. The molecule has 1 atom stereocenters. The van der Waals surface area contributed by atoms with Crippen LogP contribution in [0.15, 0.2) is 59.5 Å². The molecule has 1 unspecified atom stereocenters. The summed E-state index contributed by atoms with van der Waals surface area (Å²) >= 11 is 1.76. The van der Waals surface area contributed by atoms with Gasteiger partial charge in [0.1, 0.15) is 5.82 Å². The average Bonchev–Trinajstić information content (AvgIpc) is 2.46. The smallest absolute Gasteiger partial charge is 0.123 e. The SMILES string of the molecule is NNC(CSc1ccccc1)Cc1ccc(F)cc1. The van der Waals surface area contributed by atoms with Crippen LogP contribution in [0.5, 0.6) is 0 Å². The lowest BCUT2D eigenvalue weighted by atomic mass is 10.1. The minimum Gasteiger partial charge on any atom is -0.271 e. The van der Waals surface area contributed by atoms with Crippen LogP contribution in [0.25, 0.3) is 0 Å². The van der Waals surface area contributed by atoms with Gasteiger partial charge in [-0.25, -0.2) is 4.39 Å². The van der Waals surface area contributed by atoms with Gasteiger partial charge < -0.3 is 0 Å². The topological polar surface area (TPSA) is 38.0 Å². The zero-order chi connectivity index (χ0) is 13.5. The predicted octanol–water partition coefficient (Wildman–Crippen LogP) is 2.99. The van der Waals surface area contributed by atoms with Gasteiger partial charge in [-0.05, 0) is 36.2 Å². The number of benzene rings is 2. The number of rotatable bonds is 6. The van der Waals surface area contributed by atoms with Gasteiger partial charge in [-0.3, -0.25) is 11.3 Å². The average molecular weight is 276 g/mol. The van der Waals surface area contributed by atoms with Crippen LogP contribution in [-0.2, 0) is 6.42 Å². The molecule has 0 saturated carbocycles. The molecule has 0 amide bonds. The molecule has 0 aromatic heterocycles. The third-order valence-corrected chi connectivity index (χ3v) is 4.00. The Morgan fingerprint density at radius 1 is 1.05 bits per heavy atom. The van der Waals surface area contributed by atoms with Gasteiger partial charge in [0.2, 0.25) is 0 Å². The monoisotopic (exact) mass is 276 g/mol. The molecule has 100 valence electrons. The van der Waals surface area contributed by atoms with Crippen molar-refractivity contribution in [2.45, 2.75) is 17.4 Å². The van der Waals surface area contributed by atoms with Gasteiger partial charge in [0, 0.05) is 16.7 Å². The van der Waals surface area contributed by atoms with Crippen molar-refractivity contribution in [1.29, 1.82) is 0 Å². The van der Waals surface area contributed by atoms with Crippen LogP contribution in [0, 0.1) is 5.82 Å². The van der Waals surface area contributed by atoms with Crippen molar-refractivity contribution >= 4 is 11.8 Å². The lowest BCUT2D eigenvalue weighted by molar-refractivity contribution is 0.573. The molecule has 2 rings (SSSR count). The summed E-state index contributed by atoms with van der Waals surface area (Å²) in [5.74, 6) is 6.24. The van der Waals surface area contributed by atoms with E-state index in [1.165, 1.54) is 17.0 Å². The molecule has 2 nitrogen and oxygen atoms in total. The Bertz CT molecular complexity index is 487. The van der Waals surface area contributed by atoms with E-state index in [2.05, 4.69) is 17.6 Å². The molecule has 0 heterocycles. The number of hydrogen-bond donors (Lipinski definition) is 2. The molecule has 19 heavy (non-hydrogen) atoms. The second-order valence-electron chi connectivity index (χ2n) is 4.32. The van der Waals surface area contributed by atoms with Gasteiger partial charge in [-0.15, -0.1) is 11.8 Å². The van der Waals surface area contributed by atoms with E-state index in [-0.39, 0.29) is 11.9 Å². The highest BCUT2D eigenvalue weighted by Crippen LogP contribution is 2.19. The van der Waals surface area contributed by atoms with E-state index in [4.69, 9.17) is 5.84 Å². The Morgan fingerprint density at radius 2 is 1.74 bits per heavy atom. The number of halogens is 1. The highest BCUT2D eigenvalue weighted by molar-refractivity contribution is 7.99. The van der Waals surface area contributed by atoms with Gasteiger partial charge in [-0.1, -0.05) is 30.3 Å². The summed E-state index contributed by atoms with van der Waals surface area (Å²) in [5, 5.41) is 0. The van der Waals surface area contributed by atoms with Crippen molar-refractivity contribution in [3.8, 4) is 0 Å². The van der Waals surface area contributed by atoms with Crippen LogP contribution in [0.4, 0.5) is 4.39 Å². The third-order valence-electron chi connectivity index (χ3n) is 2.83. The van der Waals surface area contributed by atoms with Crippen LogP contribution in [-0.4, -0.2) is 11.8 Å². The van der Waals surface area contributed by atoms with Gasteiger partial charge >= 0.3 is 0 Å². The molecule has 2 aromatic rings. The molecular formula is C15H17FN2S. The molecule has 0 saturated heterocycles. The first-order valence-corrected chi connectivity index (χ1v) is 7.15. The zero-order valence-corrected chi connectivity index (χ0v) is 11.4. The molecular weight excluding hydrogens is 259 g/mol. The molecule has 0 radical (unpaired) electrons. The zero-order valence-electron chi connectivity index (χ0n) is 10.6. The first kappa shape index (κ1) is 14.1. The van der Waals surface area contributed by atoms with E-state index in [0.717, 1.165) is 17.7 Å². The molecule has 2 aromatic carbocycles. The lowest BCUT2D eigenvalue weighted by Gasteiger charge is -2.15. The van der Waals surface area contributed by atoms with E-state index in [1.54, 1.807) is 23.9 Å². The van der Waals surface area contributed by atoms with Crippen LogP contribution < -0.4 is 11.3 Å². The maximum atomic E-state index is 12.8. The normalized spacial score (nSPS) is 12.3. The Kier molecular flexibility index (Phi) is 5.39. The maximum absolute atomic E-state index is 12.8. The fourth-order valence-electron chi connectivity index (χ4n) is 1.78. The molecule has 0 aliphatic carbocycles. The van der Waals surface area contributed by atoms with Crippen molar-refractivity contribution in [2.24, 2.45) is 5.84 Å². The van der Waals surface area contributed by atoms with Crippen molar-refractivity contribution < 1.29 is 4.39 Å². The molecule has 3 N–H and O–H groups in total. The standard InChI is InChI=1S/C15H17FN2S/c16-13-8-6-12(7-9-13)10-14(18-17)11-19-15-4-2-1-3-5-15/h1-9,14,18H,10-11,17H2. The molecule has 0 aliphatic rings. The number of hydrogen-bond acceptors (Lipinski definition) is 3. The van der Waals surface area contributed by atoms with E-state index in [9.17, 15) is 4.39 Å². The van der Waals surface area contributed by atoms with Crippen molar-refractivity contribution in [3.05, 3.63) is 66.0 Å². The second kappa shape index (κ2) is 7.28. The Labute approximate surface area is 117 Å². The van der Waals surface area contributed by atoms with Gasteiger partial charge in [0.15, 0.2) is 0 Å². The van der Waals surface area contributed by atoms with Crippen molar-refractivity contribution in [1.82, 2.24) is 5.43 Å². The summed E-state index contributed by atoms with van der Waals surface area (Å²) in [6, 6.07) is 16.9. The van der Waals surface area contributed by atoms with Crippen LogP contribution in [0.1, 0.15) is 5.56 Å². The summed E-state index contributed by atoms with van der Waals surface area (Å²) in [5.41, 5.74) is 3.90. The summed E-state index contributed by atoms with van der Waals surface area (Å²) in [6.07, 6.45) is 0.788. The van der Waals surface area contributed by atoms with Gasteiger partial charge in [-0.2, -0.15) is 0 Å². The van der Waals surface area contributed by atoms with Gasteiger partial charge in [0.25, 0.3) is 0 Å². The van der Waals surface area contributed by atoms with Crippen LogP contribution in [0.3, 0.4) is 0 Å². The van der Waals surface area contributed by atoms with E-state index in [0.29, 0.717) is 0 Å². The third kappa shape index (κ3) is 4.67. The molecule has 4 heteroatoms. The van der Waals surface area contributed by atoms with E-state index >= 15 is 0 Å². The quantitative estimate of drug-likeness (QED) is 0.484. The summed E-state index contributed by atoms with van der Waals surface area (Å²) < 4.78 is 12.8. The Morgan fingerprint density at radius 3 is 2.37 bits per heavy atom. The Balaban J connectivity index is 1.88. The number of hydrazine groups is 1. The van der Waals surface area contributed by atoms with E-state index in [1.807, 2.05) is 18.2 Å². The highest BCUT2D eigenvalue weighted by Gasteiger charge is 2.08. The van der Waals surface area contributed by atoms with Gasteiger partial charge in [0.05, 0.1) is 0 Å². The van der Waals surface area contributed by atoms with E-state index < -0.39 is 0 Å². The molecule has 0 aliphatic heterocycles. The largest absolute Gasteiger partial charge is 0.271 e. The van der Waals surface area contributed by atoms with Crippen molar-refractivity contribution in [3.63, 3.8) is 0 Å². The molecule has 0 fully saturated rings. The lowest BCUT2D eigenvalue weighted by Crippen LogP contribution is -2.38. The predicted molar refractivity (Wildman–Crippen MR) is 78.4 cm³/mol. The molecule has 0 spiro atoms. The maximum Gasteiger partial charge on any atom is 0.123 e. The minimum absolute atomic E-state index is 0.163. The number of nitrogens with one attached hydrogen (secondary N) is 1. The summed E-state index contributed by atoms with van der Waals surface area (Å²) in [4.78, 5) is 1.22. The fourth-order valence-corrected chi connectivity index (χ4v) is 2.74. The van der Waals surface area contributed by atoms with Crippen molar-refractivity contribution in [2.75, 3.05) is 5.75 Å².